The number of halogens is 1. The molecule has 1 fully saturated rings. The Kier molecular flexibility index (Phi) is 5.35. The largest absolute Gasteiger partial charge is 0.375 e. The van der Waals surface area contributed by atoms with Crippen molar-refractivity contribution in [1.82, 2.24) is 0 Å². The second-order valence-corrected chi connectivity index (χ2v) is 6.58. The summed E-state index contributed by atoms with van der Waals surface area (Å²) in [6.45, 7) is -0.0252. The van der Waals surface area contributed by atoms with E-state index in [1.165, 1.54) is 31.0 Å². The number of methoxy groups -OCH3 is 1. The van der Waals surface area contributed by atoms with E-state index >= 15 is 0 Å². The quantitative estimate of drug-likeness (QED) is 0.890. The monoisotopic (exact) mass is 360 g/mol. The van der Waals surface area contributed by atoms with Gasteiger partial charge in [-0.25, -0.2) is 4.39 Å². The number of hydrogen-bond acceptors (Lipinski definition) is 4. The molecule has 0 aliphatic carbocycles. The van der Waals surface area contributed by atoms with Gasteiger partial charge in [-0.15, -0.1) is 11.8 Å². The zero-order valence-electron chi connectivity index (χ0n) is 13.6. The highest BCUT2D eigenvalue weighted by Gasteiger charge is 2.34. The number of benzene rings is 2. The van der Waals surface area contributed by atoms with Gasteiger partial charge in [-0.3, -0.25) is 14.5 Å². The van der Waals surface area contributed by atoms with E-state index in [-0.39, 0.29) is 29.6 Å². The third-order valence-electron chi connectivity index (χ3n) is 3.70. The number of rotatable bonds is 5. The fraction of sp³-hybridized carbons (Fsp3) is 0.222. The van der Waals surface area contributed by atoms with Gasteiger partial charge in [-0.05, 0) is 42.0 Å². The lowest BCUT2D eigenvalue weighted by Crippen LogP contribution is -2.27. The number of nitrogens with zero attached hydrogens (tertiary/aromatic N) is 1. The predicted octanol–water partition coefficient (Wildman–Crippen LogP) is 3.19. The summed E-state index contributed by atoms with van der Waals surface area (Å²) in [5, 5.41) is 2.53. The lowest BCUT2D eigenvalue weighted by atomic mass is 10.1. The molecule has 1 aliphatic heterocycles. The molecule has 3 rings (SSSR count). The molecule has 1 saturated heterocycles. The fourth-order valence-corrected chi connectivity index (χ4v) is 3.82. The molecule has 0 spiro atoms. The van der Waals surface area contributed by atoms with Crippen molar-refractivity contribution in [3.8, 4) is 0 Å². The number of carbonyl (C=O) groups is 2. The van der Waals surface area contributed by atoms with Crippen molar-refractivity contribution in [3.63, 3.8) is 0 Å². The van der Waals surface area contributed by atoms with E-state index in [1.807, 2.05) is 18.2 Å². The smallest absolute Gasteiger partial charge is 0.250 e. The predicted molar refractivity (Wildman–Crippen MR) is 96.0 cm³/mol. The van der Waals surface area contributed by atoms with Crippen molar-refractivity contribution in [2.75, 3.05) is 29.7 Å². The van der Waals surface area contributed by atoms with Gasteiger partial charge in [0.25, 0.3) is 0 Å². The zero-order chi connectivity index (χ0) is 17.8. The topological polar surface area (TPSA) is 58.6 Å². The summed E-state index contributed by atoms with van der Waals surface area (Å²) >= 11 is 1.49. The first-order chi connectivity index (χ1) is 12.1. The summed E-state index contributed by atoms with van der Waals surface area (Å²) in [5.74, 6) is -0.273. The minimum absolute atomic E-state index is 0.0252. The normalized spacial score (nSPS) is 17.0. The zero-order valence-corrected chi connectivity index (χ0v) is 14.4. The van der Waals surface area contributed by atoms with Crippen LogP contribution in [0.25, 0.3) is 0 Å². The van der Waals surface area contributed by atoms with Crippen LogP contribution in [0.2, 0.25) is 0 Å². The third kappa shape index (κ3) is 4.00. The van der Waals surface area contributed by atoms with E-state index in [9.17, 15) is 14.0 Å². The molecule has 130 valence electrons. The Morgan fingerprint density at radius 3 is 2.80 bits per heavy atom. The van der Waals surface area contributed by atoms with Gasteiger partial charge in [0.15, 0.2) is 0 Å². The van der Waals surface area contributed by atoms with Crippen molar-refractivity contribution >= 4 is 35.0 Å². The van der Waals surface area contributed by atoms with Crippen molar-refractivity contribution < 1.29 is 18.7 Å². The van der Waals surface area contributed by atoms with Crippen molar-refractivity contribution in [2.45, 2.75) is 5.37 Å². The number of carbonyl (C=O) groups excluding carboxylic acids is 2. The standard InChI is InChI=1S/C18H17FN2O3S/c1-24-10-16(22)20-14-4-2-3-12(9-14)18-21(17(23)11-25-18)15-7-5-13(19)6-8-15/h2-9,18H,10-11H2,1H3,(H,20,22). The number of hydrogen-bond donors (Lipinski definition) is 1. The minimum atomic E-state index is -0.345. The molecule has 2 amide bonds. The van der Waals surface area contributed by atoms with E-state index in [1.54, 1.807) is 23.1 Å². The van der Waals surface area contributed by atoms with Crippen LogP contribution < -0.4 is 10.2 Å². The average molecular weight is 360 g/mol. The van der Waals surface area contributed by atoms with Gasteiger partial charge in [-0.1, -0.05) is 12.1 Å². The molecule has 0 bridgehead atoms. The summed E-state index contributed by atoms with van der Waals surface area (Å²) in [5.41, 5.74) is 2.17. The highest BCUT2D eigenvalue weighted by molar-refractivity contribution is 8.00. The second-order valence-electron chi connectivity index (χ2n) is 5.51. The van der Waals surface area contributed by atoms with Crippen molar-refractivity contribution in [3.05, 3.63) is 59.9 Å². The van der Waals surface area contributed by atoms with E-state index < -0.39 is 0 Å². The Balaban J connectivity index is 1.85. The van der Waals surface area contributed by atoms with Crippen LogP contribution >= 0.6 is 11.8 Å². The molecule has 2 aromatic carbocycles. The maximum atomic E-state index is 13.2. The molecule has 1 aliphatic rings. The van der Waals surface area contributed by atoms with Crippen molar-refractivity contribution in [1.29, 1.82) is 0 Å². The van der Waals surface area contributed by atoms with Crippen LogP contribution in [0.4, 0.5) is 15.8 Å². The number of nitrogens with one attached hydrogen (secondary N) is 1. The van der Waals surface area contributed by atoms with Gasteiger partial charge in [0.2, 0.25) is 11.8 Å². The molecule has 1 atom stereocenters. The van der Waals surface area contributed by atoms with Gasteiger partial charge < -0.3 is 10.1 Å². The minimum Gasteiger partial charge on any atom is -0.375 e. The van der Waals surface area contributed by atoms with Gasteiger partial charge >= 0.3 is 0 Å². The van der Waals surface area contributed by atoms with Crippen LogP contribution in [0.15, 0.2) is 48.5 Å². The number of ether oxygens (including phenoxy) is 1. The van der Waals surface area contributed by atoms with Gasteiger partial charge in [-0.2, -0.15) is 0 Å². The first-order valence-corrected chi connectivity index (χ1v) is 8.71. The van der Waals surface area contributed by atoms with Crippen LogP contribution in [-0.4, -0.2) is 31.3 Å². The molecule has 7 heteroatoms. The average Bonchev–Trinajstić information content (AvgIpc) is 2.98. The maximum absolute atomic E-state index is 13.2. The highest BCUT2D eigenvalue weighted by atomic mass is 32.2. The Labute approximate surface area is 149 Å². The van der Waals surface area contributed by atoms with Crippen LogP contribution in [0, 0.1) is 5.82 Å². The molecule has 2 aromatic rings. The van der Waals surface area contributed by atoms with Crippen LogP contribution in [0.1, 0.15) is 10.9 Å². The molecule has 1 heterocycles. The summed E-state index contributed by atoms with van der Waals surface area (Å²) < 4.78 is 18.0. The van der Waals surface area contributed by atoms with Crippen LogP contribution in [0.3, 0.4) is 0 Å². The highest BCUT2D eigenvalue weighted by Crippen LogP contribution is 2.42. The van der Waals surface area contributed by atoms with Gasteiger partial charge in [0.1, 0.15) is 17.8 Å². The van der Waals surface area contributed by atoms with E-state index in [2.05, 4.69) is 5.32 Å². The lowest BCUT2D eigenvalue weighted by molar-refractivity contribution is -0.119. The van der Waals surface area contributed by atoms with E-state index in [0.717, 1.165) is 5.56 Å². The van der Waals surface area contributed by atoms with Gasteiger partial charge in [0, 0.05) is 18.5 Å². The Morgan fingerprint density at radius 1 is 1.32 bits per heavy atom. The molecule has 25 heavy (non-hydrogen) atoms. The fourth-order valence-electron chi connectivity index (χ4n) is 2.65. The summed E-state index contributed by atoms with van der Waals surface area (Å²) in [6.07, 6.45) is 0. The Bertz CT molecular complexity index is 782. The second kappa shape index (κ2) is 7.67. The summed E-state index contributed by atoms with van der Waals surface area (Å²) in [6, 6.07) is 13.2. The third-order valence-corrected chi connectivity index (χ3v) is 4.92. The summed E-state index contributed by atoms with van der Waals surface area (Å²) in [4.78, 5) is 25.6. The molecular weight excluding hydrogens is 343 g/mol. The van der Waals surface area contributed by atoms with Crippen molar-refractivity contribution in [2.24, 2.45) is 0 Å². The molecular formula is C18H17FN2O3S. The SMILES string of the molecule is COCC(=O)Nc1cccc(C2SCC(=O)N2c2ccc(F)cc2)c1. The number of anilines is 2. The lowest BCUT2D eigenvalue weighted by Gasteiger charge is -2.24. The van der Waals surface area contributed by atoms with Crippen LogP contribution in [0.5, 0.6) is 0 Å². The molecule has 0 aromatic heterocycles. The first-order valence-electron chi connectivity index (χ1n) is 7.66. The van der Waals surface area contributed by atoms with E-state index in [0.29, 0.717) is 17.1 Å². The first kappa shape index (κ1) is 17.4. The number of amides is 2. The molecule has 0 saturated carbocycles. The molecule has 1 N–H and O–H groups in total. The molecule has 0 radical (unpaired) electrons. The maximum Gasteiger partial charge on any atom is 0.250 e. The molecule has 5 nitrogen and oxygen atoms in total. The number of thioether (sulfide) groups is 1. The Morgan fingerprint density at radius 2 is 2.08 bits per heavy atom. The Hall–Kier alpha value is -2.38. The summed E-state index contributed by atoms with van der Waals surface area (Å²) in [7, 11) is 1.46. The van der Waals surface area contributed by atoms with E-state index in [4.69, 9.17) is 4.74 Å². The van der Waals surface area contributed by atoms with Crippen LogP contribution in [-0.2, 0) is 14.3 Å². The van der Waals surface area contributed by atoms with Gasteiger partial charge in [0.05, 0.1) is 5.75 Å². The molecule has 1 unspecified atom stereocenters.